The van der Waals surface area contributed by atoms with E-state index in [1.807, 2.05) is 0 Å². The maximum absolute atomic E-state index is 12.2. The molecule has 0 spiro atoms. The molecule has 2 rings (SSSR count). The van der Waals surface area contributed by atoms with E-state index >= 15 is 0 Å². The molecule has 2 saturated heterocycles. The van der Waals surface area contributed by atoms with Gasteiger partial charge in [-0.05, 0) is 32.4 Å². The third kappa shape index (κ3) is 3.67. The highest BCUT2D eigenvalue weighted by Crippen LogP contribution is 2.12. The Labute approximate surface area is 114 Å². The van der Waals surface area contributed by atoms with E-state index < -0.39 is 0 Å². The van der Waals surface area contributed by atoms with Gasteiger partial charge in [0.25, 0.3) is 0 Å². The van der Waals surface area contributed by atoms with Crippen molar-refractivity contribution >= 4 is 11.9 Å². The lowest BCUT2D eigenvalue weighted by molar-refractivity contribution is -0.129. The second-order valence-electron chi connectivity index (χ2n) is 5.25. The number of imide groups is 1. The fraction of sp³-hybridized carbons (Fsp3) is 0.846. The summed E-state index contributed by atoms with van der Waals surface area (Å²) >= 11 is 0. The van der Waals surface area contributed by atoms with Crippen LogP contribution < -0.4 is 10.6 Å². The highest BCUT2D eigenvalue weighted by molar-refractivity contribution is 5.96. The van der Waals surface area contributed by atoms with Crippen LogP contribution in [0.15, 0.2) is 0 Å². The zero-order chi connectivity index (χ0) is 13.7. The van der Waals surface area contributed by atoms with E-state index in [-0.39, 0.29) is 11.9 Å². The predicted molar refractivity (Wildman–Crippen MR) is 72.9 cm³/mol. The molecule has 3 amide bonds. The van der Waals surface area contributed by atoms with Gasteiger partial charge < -0.3 is 10.6 Å². The highest BCUT2D eigenvalue weighted by atomic mass is 16.2. The van der Waals surface area contributed by atoms with E-state index in [4.69, 9.17) is 0 Å². The summed E-state index contributed by atoms with van der Waals surface area (Å²) in [6.07, 6.45) is 3.31. The smallest absolute Gasteiger partial charge is 0.324 e. The first-order chi connectivity index (χ1) is 9.22. The quantitative estimate of drug-likeness (QED) is 0.737. The van der Waals surface area contributed by atoms with Gasteiger partial charge in [0, 0.05) is 25.7 Å². The van der Waals surface area contributed by atoms with Gasteiger partial charge >= 0.3 is 6.03 Å². The SMILES string of the molecule is CCCN(CC(=O)N1CCNC1=O)C1CCCNC1. The lowest BCUT2D eigenvalue weighted by Crippen LogP contribution is -2.50. The first-order valence-corrected chi connectivity index (χ1v) is 7.25. The Balaban J connectivity index is 1.91. The van der Waals surface area contributed by atoms with Crippen molar-refractivity contribution in [2.45, 2.75) is 32.2 Å². The maximum Gasteiger partial charge on any atom is 0.324 e. The van der Waals surface area contributed by atoms with Gasteiger partial charge in [-0.1, -0.05) is 6.92 Å². The van der Waals surface area contributed by atoms with Crippen LogP contribution in [0, 0.1) is 0 Å². The van der Waals surface area contributed by atoms with Crippen molar-refractivity contribution in [1.29, 1.82) is 0 Å². The third-order valence-electron chi connectivity index (χ3n) is 3.79. The molecular formula is C13H24N4O2. The number of carbonyl (C=O) groups is 2. The molecule has 6 heteroatoms. The van der Waals surface area contributed by atoms with E-state index in [0.717, 1.165) is 38.9 Å². The third-order valence-corrected chi connectivity index (χ3v) is 3.79. The van der Waals surface area contributed by atoms with E-state index in [1.54, 1.807) is 0 Å². The number of carbonyl (C=O) groups excluding carboxylic acids is 2. The summed E-state index contributed by atoms with van der Waals surface area (Å²) in [6.45, 7) is 6.47. The molecule has 0 bridgehead atoms. The second-order valence-corrected chi connectivity index (χ2v) is 5.25. The molecule has 0 aromatic heterocycles. The minimum absolute atomic E-state index is 0.0750. The average molecular weight is 268 g/mol. The first-order valence-electron chi connectivity index (χ1n) is 7.25. The van der Waals surface area contributed by atoms with Crippen molar-refractivity contribution in [2.75, 3.05) is 39.3 Å². The molecule has 2 heterocycles. The van der Waals surface area contributed by atoms with Gasteiger partial charge in [0.05, 0.1) is 6.54 Å². The zero-order valence-electron chi connectivity index (χ0n) is 11.7. The lowest BCUT2D eigenvalue weighted by atomic mass is 10.1. The number of piperidine rings is 1. The van der Waals surface area contributed by atoms with Crippen LogP contribution in [0.5, 0.6) is 0 Å². The van der Waals surface area contributed by atoms with Crippen LogP contribution in [0.1, 0.15) is 26.2 Å². The zero-order valence-corrected chi connectivity index (χ0v) is 11.7. The fourth-order valence-electron chi connectivity index (χ4n) is 2.79. The Kier molecular flexibility index (Phi) is 5.15. The minimum Gasteiger partial charge on any atom is -0.336 e. The Morgan fingerprint density at radius 2 is 2.32 bits per heavy atom. The topological polar surface area (TPSA) is 64.7 Å². The average Bonchev–Trinajstić information content (AvgIpc) is 2.85. The number of rotatable bonds is 5. The van der Waals surface area contributed by atoms with Crippen LogP contribution in [-0.2, 0) is 4.79 Å². The van der Waals surface area contributed by atoms with Gasteiger partial charge in [0.2, 0.25) is 5.91 Å². The van der Waals surface area contributed by atoms with Crippen molar-refractivity contribution < 1.29 is 9.59 Å². The number of hydrogen-bond acceptors (Lipinski definition) is 4. The molecule has 1 atom stereocenters. The summed E-state index contributed by atoms with van der Waals surface area (Å²) in [7, 11) is 0. The number of urea groups is 1. The van der Waals surface area contributed by atoms with E-state index in [0.29, 0.717) is 25.7 Å². The number of nitrogens with zero attached hydrogens (tertiary/aromatic N) is 2. The minimum atomic E-state index is -0.247. The van der Waals surface area contributed by atoms with Crippen LogP contribution >= 0.6 is 0 Å². The van der Waals surface area contributed by atoms with Crippen molar-refractivity contribution in [3.63, 3.8) is 0 Å². The molecule has 19 heavy (non-hydrogen) atoms. The van der Waals surface area contributed by atoms with Crippen LogP contribution in [0.2, 0.25) is 0 Å². The molecule has 0 aromatic carbocycles. The van der Waals surface area contributed by atoms with Gasteiger partial charge in [-0.25, -0.2) is 4.79 Å². The second kappa shape index (κ2) is 6.86. The molecule has 6 nitrogen and oxygen atoms in total. The summed E-state index contributed by atoms with van der Waals surface area (Å²) in [5.74, 6) is -0.0750. The van der Waals surface area contributed by atoms with Crippen molar-refractivity contribution in [1.82, 2.24) is 20.4 Å². The predicted octanol–water partition coefficient (Wildman–Crippen LogP) is 0.00220. The van der Waals surface area contributed by atoms with Gasteiger partial charge in [-0.2, -0.15) is 0 Å². The number of nitrogens with one attached hydrogen (secondary N) is 2. The van der Waals surface area contributed by atoms with Gasteiger partial charge in [-0.3, -0.25) is 14.6 Å². The fourth-order valence-corrected chi connectivity index (χ4v) is 2.79. The Morgan fingerprint density at radius 3 is 2.89 bits per heavy atom. The normalized spacial score (nSPS) is 23.8. The van der Waals surface area contributed by atoms with Crippen LogP contribution in [0.25, 0.3) is 0 Å². The summed E-state index contributed by atoms with van der Waals surface area (Å²) < 4.78 is 0. The largest absolute Gasteiger partial charge is 0.336 e. The molecule has 2 aliphatic rings. The van der Waals surface area contributed by atoms with E-state index in [9.17, 15) is 9.59 Å². The maximum atomic E-state index is 12.2. The van der Waals surface area contributed by atoms with E-state index in [2.05, 4.69) is 22.5 Å². The lowest BCUT2D eigenvalue weighted by Gasteiger charge is -2.34. The Morgan fingerprint density at radius 1 is 1.47 bits per heavy atom. The molecule has 2 aliphatic heterocycles. The summed E-state index contributed by atoms with van der Waals surface area (Å²) in [5, 5.41) is 6.05. The summed E-state index contributed by atoms with van der Waals surface area (Å²) in [6, 6.07) is 0.173. The number of hydrogen-bond donors (Lipinski definition) is 2. The standard InChI is InChI=1S/C13H24N4O2/c1-2-7-16(11-4-3-5-14-9-11)10-12(18)17-8-6-15-13(17)19/h11,14H,2-10H2,1H3,(H,15,19). The van der Waals surface area contributed by atoms with Crippen molar-refractivity contribution in [3.05, 3.63) is 0 Å². The highest BCUT2D eigenvalue weighted by Gasteiger charge is 2.29. The molecule has 108 valence electrons. The van der Waals surface area contributed by atoms with Gasteiger partial charge in [0.1, 0.15) is 0 Å². The molecule has 0 radical (unpaired) electrons. The van der Waals surface area contributed by atoms with Gasteiger partial charge in [-0.15, -0.1) is 0 Å². The molecule has 2 fully saturated rings. The van der Waals surface area contributed by atoms with Crippen LogP contribution in [0.3, 0.4) is 0 Å². The Bertz CT molecular complexity index is 329. The summed E-state index contributed by atoms with van der Waals surface area (Å²) in [5.41, 5.74) is 0. The number of amides is 3. The summed E-state index contributed by atoms with van der Waals surface area (Å²) in [4.78, 5) is 27.2. The molecular weight excluding hydrogens is 244 g/mol. The Hall–Kier alpha value is -1.14. The molecule has 0 aliphatic carbocycles. The van der Waals surface area contributed by atoms with Crippen LogP contribution in [-0.4, -0.2) is 67.0 Å². The van der Waals surface area contributed by atoms with Crippen LogP contribution in [0.4, 0.5) is 4.79 Å². The van der Waals surface area contributed by atoms with Gasteiger partial charge in [0.15, 0.2) is 0 Å². The molecule has 0 saturated carbocycles. The van der Waals surface area contributed by atoms with E-state index in [1.165, 1.54) is 4.90 Å². The first kappa shape index (κ1) is 14.3. The molecule has 0 aromatic rings. The van der Waals surface area contributed by atoms with Crippen molar-refractivity contribution in [3.8, 4) is 0 Å². The molecule has 2 N–H and O–H groups in total. The monoisotopic (exact) mass is 268 g/mol. The molecule has 1 unspecified atom stereocenters. The van der Waals surface area contributed by atoms with Crippen molar-refractivity contribution in [2.24, 2.45) is 0 Å².